The van der Waals surface area contributed by atoms with Crippen molar-refractivity contribution in [2.75, 3.05) is 17.2 Å². The molecule has 1 aliphatic rings. The standard InChI is InChI=1S/C15H25N3O2S/c1-10(2)6-7-18(13-4-5-13)14-8-12(16)9-15(11(14)3)21(17,19)20/h8-10,13H,4-7,16H2,1-3H3,(H2,17,19,20). The Morgan fingerprint density at radius 1 is 1.33 bits per heavy atom. The van der Waals surface area contributed by atoms with E-state index in [1.165, 1.54) is 6.07 Å². The molecule has 6 heteroatoms. The monoisotopic (exact) mass is 311 g/mol. The first kappa shape index (κ1) is 16.1. The zero-order valence-corrected chi connectivity index (χ0v) is 13.8. The second kappa shape index (κ2) is 5.85. The third-order valence-electron chi connectivity index (χ3n) is 3.91. The molecule has 0 amide bonds. The predicted molar refractivity (Wildman–Crippen MR) is 86.8 cm³/mol. The molecule has 0 unspecified atom stereocenters. The van der Waals surface area contributed by atoms with E-state index < -0.39 is 10.0 Å². The molecule has 4 N–H and O–H groups in total. The fourth-order valence-electron chi connectivity index (χ4n) is 2.57. The summed E-state index contributed by atoms with van der Waals surface area (Å²) >= 11 is 0. The zero-order valence-electron chi connectivity index (χ0n) is 13.0. The number of hydrogen-bond acceptors (Lipinski definition) is 4. The molecule has 0 spiro atoms. The molecule has 118 valence electrons. The van der Waals surface area contributed by atoms with Crippen LogP contribution in [0.4, 0.5) is 11.4 Å². The first-order chi connectivity index (χ1) is 9.70. The summed E-state index contributed by atoms with van der Waals surface area (Å²) in [6, 6.07) is 3.81. The summed E-state index contributed by atoms with van der Waals surface area (Å²) in [5.41, 5.74) is 7.93. The second-order valence-corrected chi connectivity index (χ2v) is 7.85. The molecular weight excluding hydrogens is 286 g/mol. The first-order valence-corrected chi connectivity index (χ1v) is 8.94. The van der Waals surface area contributed by atoms with Crippen LogP contribution in [0.3, 0.4) is 0 Å². The molecule has 2 rings (SSSR count). The minimum absolute atomic E-state index is 0.132. The molecule has 1 aliphatic carbocycles. The molecule has 0 bridgehead atoms. The largest absolute Gasteiger partial charge is 0.399 e. The third kappa shape index (κ3) is 3.89. The predicted octanol–water partition coefficient (Wildman–Crippen LogP) is 2.24. The molecular formula is C15H25N3O2S. The highest BCUT2D eigenvalue weighted by molar-refractivity contribution is 7.89. The van der Waals surface area contributed by atoms with Crippen LogP contribution in [-0.4, -0.2) is 21.0 Å². The summed E-state index contributed by atoms with van der Waals surface area (Å²) in [5.74, 6) is 0.602. The van der Waals surface area contributed by atoms with Crippen LogP contribution < -0.4 is 15.8 Å². The van der Waals surface area contributed by atoms with Gasteiger partial charge in [0, 0.05) is 24.0 Å². The topological polar surface area (TPSA) is 89.4 Å². The van der Waals surface area contributed by atoms with E-state index in [-0.39, 0.29) is 4.90 Å². The fraction of sp³-hybridized carbons (Fsp3) is 0.600. The van der Waals surface area contributed by atoms with Gasteiger partial charge in [-0.05, 0) is 49.8 Å². The van der Waals surface area contributed by atoms with Gasteiger partial charge < -0.3 is 10.6 Å². The maximum absolute atomic E-state index is 11.7. The van der Waals surface area contributed by atoms with E-state index in [4.69, 9.17) is 10.9 Å². The van der Waals surface area contributed by atoms with Crippen molar-refractivity contribution in [2.24, 2.45) is 11.1 Å². The van der Waals surface area contributed by atoms with Gasteiger partial charge in [0.1, 0.15) is 0 Å². The Morgan fingerprint density at radius 2 is 1.95 bits per heavy atom. The van der Waals surface area contributed by atoms with Gasteiger partial charge in [0.25, 0.3) is 0 Å². The molecule has 1 aromatic rings. The molecule has 0 atom stereocenters. The molecule has 0 radical (unpaired) electrons. The van der Waals surface area contributed by atoms with Crippen LogP contribution in [0.1, 0.15) is 38.7 Å². The van der Waals surface area contributed by atoms with Crippen LogP contribution in [0.25, 0.3) is 0 Å². The first-order valence-electron chi connectivity index (χ1n) is 7.39. The number of primary sulfonamides is 1. The van der Waals surface area contributed by atoms with E-state index >= 15 is 0 Å². The lowest BCUT2D eigenvalue weighted by atomic mass is 10.1. The summed E-state index contributed by atoms with van der Waals surface area (Å²) in [4.78, 5) is 2.42. The molecule has 1 fully saturated rings. The Morgan fingerprint density at radius 3 is 2.43 bits per heavy atom. The van der Waals surface area contributed by atoms with Crippen molar-refractivity contribution in [1.82, 2.24) is 0 Å². The molecule has 5 nitrogen and oxygen atoms in total. The minimum Gasteiger partial charge on any atom is -0.399 e. The Bertz CT molecular complexity index is 622. The van der Waals surface area contributed by atoms with E-state index in [1.54, 1.807) is 6.92 Å². The number of hydrogen-bond donors (Lipinski definition) is 2. The Labute approximate surface area is 127 Å². The molecule has 1 saturated carbocycles. The number of anilines is 2. The van der Waals surface area contributed by atoms with Crippen molar-refractivity contribution in [3.05, 3.63) is 17.7 Å². The Balaban J connectivity index is 2.43. The molecule has 1 aromatic carbocycles. The van der Waals surface area contributed by atoms with Crippen LogP contribution >= 0.6 is 0 Å². The average molecular weight is 311 g/mol. The van der Waals surface area contributed by atoms with Crippen molar-refractivity contribution in [2.45, 2.75) is 51.0 Å². The van der Waals surface area contributed by atoms with Crippen molar-refractivity contribution in [3.8, 4) is 0 Å². The SMILES string of the molecule is Cc1c(N(CCC(C)C)C2CC2)cc(N)cc1S(N)(=O)=O. The van der Waals surface area contributed by atoms with E-state index in [1.807, 2.05) is 6.07 Å². The number of nitrogen functional groups attached to an aromatic ring is 1. The van der Waals surface area contributed by atoms with Gasteiger partial charge in [-0.3, -0.25) is 0 Å². The van der Waals surface area contributed by atoms with Crippen LogP contribution in [-0.2, 0) is 10.0 Å². The summed E-state index contributed by atoms with van der Waals surface area (Å²) in [5, 5.41) is 5.31. The lowest BCUT2D eigenvalue weighted by Crippen LogP contribution is -2.29. The summed E-state index contributed by atoms with van der Waals surface area (Å²) in [6.45, 7) is 7.09. The Hall–Kier alpha value is -1.27. The highest BCUT2D eigenvalue weighted by Crippen LogP contribution is 2.37. The molecule has 0 aliphatic heterocycles. The van der Waals surface area contributed by atoms with Crippen molar-refractivity contribution < 1.29 is 8.42 Å². The maximum Gasteiger partial charge on any atom is 0.238 e. The van der Waals surface area contributed by atoms with Gasteiger partial charge in [0.05, 0.1) is 4.90 Å². The smallest absolute Gasteiger partial charge is 0.238 e. The number of benzene rings is 1. The van der Waals surface area contributed by atoms with E-state index in [9.17, 15) is 8.42 Å². The average Bonchev–Trinajstić information content (AvgIpc) is 3.15. The van der Waals surface area contributed by atoms with Gasteiger partial charge in [-0.25, -0.2) is 13.6 Å². The van der Waals surface area contributed by atoms with Crippen LogP contribution in [0.15, 0.2) is 17.0 Å². The van der Waals surface area contributed by atoms with Crippen molar-refractivity contribution in [1.29, 1.82) is 0 Å². The summed E-state index contributed by atoms with van der Waals surface area (Å²) in [7, 11) is -3.76. The quantitative estimate of drug-likeness (QED) is 0.788. The molecule has 21 heavy (non-hydrogen) atoms. The van der Waals surface area contributed by atoms with E-state index in [0.29, 0.717) is 23.2 Å². The number of nitrogens with zero attached hydrogens (tertiary/aromatic N) is 1. The maximum atomic E-state index is 11.7. The number of rotatable bonds is 6. The van der Waals surface area contributed by atoms with E-state index in [0.717, 1.165) is 31.5 Å². The fourth-order valence-corrected chi connectivity index (χ4v) is 3.40. The molecule has 0 heterocycles. The highest BCUT2D eigenvalue weighted by Gasteiger charge is 2.31. The third-order valence-corrected chi connectivity index (χ3v) is 4.94. The van der Waals surface area contributed by atoms with Gasteiger partial charge in [-0.15, -0.1) is 0 Å². The Kier molecular flexibility index (Phi) is 4.49. The van der Waals surface area contributed by atoms with Crippen LogP contribution in [0.2, 0.25) is 0 Å². The lowest BCUT2D eigenvalue weighted by molar-refractivity contribution is 0.569. The van der Waals surface area contributed by atoms with Gasteiger partial charge in [-0.2, -0.15) is 0 Å². The van der Waals surface area contributed by atoms with Gasteiger partial charge >= 0.3 is 0 Å². The molecule has 0 aromatic heterocycles. The normalized spacial score (nSPS) is 15.5. The van der Waals surface area contributed by atoms with Gasteiger partial charge in [0.15, 0.2) is 0 Å². The van der Waals surface area contributed by atoms with E-state index in [2.05, 4.69) is 18.7 Å². The zero-order chi connectivity index (χ0) is 15.8. The van der Waals surface area contributed by atoms with Gasteiger partial charge in [-0.1, -0.05) is 13.8 Å². The van der Waals surface area contributed by atoms with Gasteiger partial charge in [0.2, 0.25) is 10.0 Å². The van der Waals surface area contributed by atoms with Crippen LogP contribution in [0, 0.1) is 12.8 Å². The summed E-state index contributed by atoms with van der Waals surface area (Å²) in [6.07, 6.45) is 3.36. The number of sulfonamides is 1. The van der Waals surface area contributed by atoms with Crippen molar-refractivity contribution in [3.63, 3.8) is 0 Å². The van der Waals surface area contributed by atoms with Crippen LogP contribution in [0.5, 0.6) is 0 Å². The lowest BCUT2D eigenvalue weighted by Gasteiger charge is -2.28. The highest BCUT2D eigenvalue weighted by atomic mass is 32.2. The molecule has 0 saturated heterocycles. The second-order valence-electron chi connectivity index (χ2n) is 6.32. The minimum atomic E-state index is -3.76. The van der Waals surface area contributed by atoms with Crippen molar-refractivity contribution >= 4 is 21.4 Å². The summed E-state index contributed by atoms with van der Waals surface area (Å²) < 4.78 is 23.5. The number of nitrogens with two attached hydrogens (primary N) is 2.